The molecule has 0 unspecified atom stereocenters. The first-order valence-electron chi connectivity index (χ1n) is 13.2. The number of hydrogen-bond donors (Lipinski definition) is 7. The third-order valence-electron chi connectivity index (χ3n) is 7.23. The summed E-state index contributed by atoms with van der Waals surface area (Å²) in [6.45, 7) is 1.52. The van der Waals surface area contributed by atoms with Crippen LogP contribution in [-0.4, -0.2) is 128 Å². The van der Waals surface area contributed by atoms with Crippen LogP contribution in [0.25, 0.3) is 0 Å². The number of aromatic hydroxyl groups is 2. The molecule has 250 valence electrons. The molecule has 3 atom stereocenters. The van der Waals surface area contributed by atoms with Crippen LogP contribution < -0.4 is 16.5 Å². The van der Waals surface area contributed by atoms with Gasteiger partial charge in [-0.05, 0) is 26.0 Å². The van der Waals surface area contributed by atoms with Gasteiger partial charge in [0.15, 0.2) is 16.6 Å². The van der Waals surface area contributed by atoms with Gasteiger partial charge in [0.05, 0.1) is 23.7 Å². The molecule has 3 aliphatic heterocycles. The normalized spacial score (nSPS) is 22.5. The van der Waals surface area contributed by atoms with Crippen molar-refractivity contribution in [1.29, 1.82) is 0 Å². The zero-order chi connectivity index (χ0) is 34.6. The van der Waals surface area contributed by atoms with Crippen LogP contribution in [0.5, 0.6) is 11.5 Å². The number of halogens is 1. The highest BCUT2D eigenvalue weighted by Gasteiger charge is 2.66. The van der Waals surface area contributed by atoms with Gasteiger partial charge in [-0.2, -0.15) is 9.36 Å². The summed E-state index contributed by atoms with van der Waals surface area (Å²) in [7, 11) is 0. The van der Waals surface area contributed by atoms with Crippen molar-refractivity contribution in [3.63, 3.8) is 0 Å². The number of nitrogen functional groups attached to an aromatic ring is 1. The Balaban J connectivity index is 1.32. The average Bonchev–Trinajstić information content (AvgIpc) is 3.70. The van der Waals surface area contributed by atoms with Crippen molar-refractivity contribution in [2.45, 2.75) is 35.7 Å². The summed E-state index contributed by atoms with van der Waals surface area (Å²) < 4.78 is 3.88. The number of urea groups is 1. The van der Waals surface area contributed by atoms with Gasteiger partial charge in [0.2, 0.25) is 27.9 Å². The first kappa shape index (κ1) is 33.3. The van der Waals surface area contributed by atoms with Crippen LogP contribution in [0.3, 0.4) is 0 Å². The summed E-state index contributed by atoms with van der Waals surface area (Å²) in [5.74, 6) is -7.20. The lowest BCUT2D eigenvalue weighted by Crippen LogP contribution is -2.68. The highest BCUT2D eigenvalue weighted by molar-refractivity contribution is 8.02. The lowest BCUT2D eigenvalue weighted by Gasteiger charge is -2.41. The molecule has 3 saturated heterocycles. The van der Waals surface area contributed by atoms with Crippen LogP contribution in [0, 0.1) is 0 Å². The number of hydrazine groups is 1. The molecular weight excluding hydrogens is 690 g/mol. The Bertz CT molecular complexity index is 1750. The van der Waals surface area contributed by atoms with Crippen LogP contribution >= 0.6 is 34.9 Å². The van der Waals surface area contributed by atoms with Gasteiger partial charge >= 0.3 is 18.0 Å². The molecular formula is C24H24ClN9O11S2. The molecule has 3 aliphatic rings. The minimum Gasteiger partial charge on any atom is -0.504 e. The van der Waals surface area contributed by atoms with Gasteiger partial charge in [-0.15, -0.1) is 0 Å². The Kier molecular flexibility index (Phi) is 8.45. The molecule has 5 rings (SSSR count). The number of fused-ring (bicyclic) bond motifs is 1. The third-order valence-corrected chi connectivity index (χ3v) is 9.84. The molecule has 3 fully saturated rings. The Morgan fingerprint density at radius 2 is 1.89 bits per heavy atom. The molecule has 4 heterocycles. The number of carboxylic acids is 2. The zero-order valence-electron chi connectivity index (χ0n) is 24.0. The number of thioether (sulfide) groups is 1. The molecule has 2 aromatic rings. The molecule has 0 spiro atoms. The molecule has 23 heteroatoms. The predicted octanol–water partition coefficient (Wildman–Crippen LogP) is -0.968. The summed E-state index contributed by atoms with van der Waals surface area (Å²) in [5.41, 5.74) is 5.15. The van der Waals surface area contributed by atoms with Crippen molar-refractivity contribution in [2.75, 3.05) is 25.4 Å². The molecule has 1 aromatic heterocycles. The number of carbonyl (C=O) groups is 6. The quantitative estimate of drug-likeness (QED) is 0.0675. The minimum atomic E-state index is -2.03. The summed E-state index contributed by atoms with van der Waals surface area (Å²) in [4.78, 5) is 85.6. The Morgan fingerprint density at radius 3 is 2.51 bits per heavy atom. The third kappa shape index (κ3) is 5.74. The Hall–Kier alpha value is -5.09. The summed E-state index contributed by atoms with van der Waals surface area (Å²) in [5, 5.41) is 44.4. The average molecular weight is 714 g/mol. The zero-order valence-corrected chi connectivity index (χ0v) is 26.4. The van der Waals surface area contributed by atoms with Crippen molar-refractivity contribution in [2.24, 2.45) is 5.16 Å². The van der Waals surface area contributed by atoms with Crippen molar-refractivity contribution in [3.8, 4) is 11.5 Å². The summed E-state index contributed by atoms with van der Waals surface area (Å²) >= 11 is 7.35. The van der Waals surface area contributed by atoms with E-state index in [-0.39, 0.29) is 29.6 Å². The maximum atomic E-state index is 13.4. The van der Waals surface area contributed by atoms with Crippen molar-refractivity contribution >= 4 is 81.4 Å². The van der Waals surface area contributed by atoms with Crippen LogP contribution in [0.15, 0.2) is 17.3 Å². The minimum absolute atomic E-state index is 0.0497. The highest BCUT2D eigenvalue weighted by Crippen LogP contribution is 2.49. The Labute approximate surface area is 276 Å². The van der Waals surface area contributed by atoms with E-state index in [1.807, 2.05) is 0 Å². The molecule has 8 N–H and O–H groups in total. The molecule has 5 amide bonds. The van der Waals surface area contributed by atoms with Crippen molar-refractivity contribution in [1.82, 2.24) is 34.9 Å². The van der Waals surface area contributed by atoms with Crippen LogP contribution in [0.1, 0.15) is 30.0 Å². The van der Waals surface area contributed by atoms with Gasteiger partial charge in [-0.1, -0.05) is 28.5 Å². The van der Waals surface area contributed by atoms with E-state index in [4.69, 9.17) is 22.2 Å². The van der Waals surface area contributed by atoms with Gasteiger partial charge in [0.1, 0.15) is 11.4 Å². The van der Waals surface area contributed by atoms with Crippen LogP contribution in [0.4, 0.5) is 9.93 Å². The number of phenolic OH excluding ortho intramolecular Hbond substituents is 2. The van der Waals surface area contributed by atoms with Gasteiger partial charge in [-0.25, -0.2) is 19.4 Å². The van der Waals surface area contributed by atoms with Gasteiger partial charge < -0.3 is 41.2 Å². The number of oxime groups is 1. The standard InChI is InChI=1S/C24H24ClN9O11S2/c1-23(2,19(40)41)45-30-11(14-28-21(26)47-31-14)16(38)27-12-17(39)32-7-24(20(42)43,46-18(12)32)33-5-6-34(22(33)44)29-15(37)8-3-4-9(35)13(36)10(8)25/h3-4,12,18,35-36H,5-7H2,1-2H3,(H,27,38)(H,29,37)(H,40,41)(H,42,43)(H2,26,28,31)/b30-11-/t12-,18-,24-/m1/s1. The topological polar surface area (TPSA) is 291 Å². The number of hydrogen-bond acceptors (Lipinski definition) is 15. The number of aliphatic carboxylic acids is 2. The molecule has 0 saturated carbocycles. The number of nitrogens with one attached hydrogen (secondary N) is 2. The number of amides is 5. The number of aromatic nitrogens is 2. The summed E-state index contributed by atoms with van der Waals surface area (Å²) in [6, 6.07) is -0.111. The van der Waals surface area contributed by atoms with Gasteiger partial charge in [0.25, 0.3) is 11.8 Å². The number of rotatable bonds is 10. The van der Waals surface area contributed by atoms with Crippen LogP contribution in [0.2, 0.25) is 5.02 Å². The molecule has 20 nitrogen and oxygen atoms in total. The lowest BCUT2D eigenvalue weighted by molar-refractivity contribution is -0.161. The highest BCUT2D eigenvalue weighted by atomic mass is 35.5. The monoisotopic (exact) mass is 713 g/mol. The SMILES string of the molecule is CC(C)(O/N=C(\C(=O)N[C@@H]1C(=O)N2C[C@@](C(=O)O)(N3CCN(NC(=O)c4ccc(O)c(O)c4Cl)C3=O)S[C@H]12)c1nsc(N)n1)C(=O)O. The number of carboxylic acid groups (broad SMARTS) is 2. The number of nitrogens with zero attached hydrogens (tertiary/aromatic N) is 6. The fourth-order valence-corrected chi connectivity index (χ4v) is 6.94. The largest absolute Gasteiger partial charge is 0.504 e. The predicted molar refractivity (Wildman–Crippen MR) is 160 cm³/mol. The van der Waals surface area contributed by atoms with Gasteiger partial charge in [-0.3, -0.25) is 24.7 Å². The van der Waals surface area contributed by atoms with E-state index in [1.54, 1.807) is 0 Å². The van der Waals surface area contributed by atoms with E-state index in [0.29, 0.717) is 23.3 Å². The first-order valence-corrected chi connectivity index (χ1v) is 15.2. The first-order chi connectivity index (χ1) is 22.0. The fourth-order valence-electron chi connectivity index (χ4n) is 4.62. The molecule has 1 aromatic carbocycles. The maximum Gasteiger partial charge on any atom is 0.350 e. The van der Waals surface area contributed by atoms with E-state index in [9.17, 15) is 49.2 Å². The Morgan fingerprint density at radius 1 is 1.19 bits per heavy atom. The van der Waals surface area contributed by atoms with Crippen molar-refractivity contribution in [3.05, 3.63) is 28.5 Å². The van der Waals surface area contributed by atoms with E-state index in [0.717, 1.165) is 26.9 Å². The molecule has 47 heavy (non-hydrogen) atoms. The molecule has 0 bridgehead atoms. The van der Waals surface area contributed by atoms with Crippen molar-refractivity contribution < 1.29 is 54.0 Å². The smallest absolute Gasteiger partial charge is 0.350 e. The van der Waals surface area contributed by atoms with E-state index < -0.39 is 86.4 Å². The lowest BCUT2D eigenvalue weighted by atomic mass is 10.1. The maximum absolute atomic E-state index is 13.4. The van der Waals surface area contributed by atoms with Crippen LogP contribution in [-0.2, 0) is 24.0 Å². The second-order valence-electron chi connectivity index (χ2n) is 10.6. The van der Waals surface area contributed by atoms with E-state index >= 15 is 0 Å². The molecule has 0 radical (unpaired) electrons. The number of phenols is 2. The number of benzene rings is 1. The number of β-lactam (4-membered cyclic amide) rings is 1. The van der Waals surface area contributed by atoms with E-state index in [2.05, 4.69) is 25.3 Å². The number of nitrogens with two attached hydrogens (primary N) is 1. The number of anilines is 1. The number of carbonyl (C=O) groups excluding carboxylic acids is 4. The second kappa shape index (κ2) is 11.9. The second-order valence-corrected chi connectivity index (χ2v) is 13.2. The fraction of sp³-hybridized carbons (Fsp3) is 0.375. The van der Waals surface area contributed by atoms with Gasteiger partial charge in [0, 0.05) is 18.1 Å². The molecule has 0 aliphatic carbocycles. The summed E-state index contributed by atoms with van der Waals surface area (Å²) in [6.07, 6.45) is 0. The van der Waals surface area contributed by atoms with E-state index in [1.165, 1.54) is 13.8 Å².